The van der Waals surface area contributed by atoms with Crippen molar-refractivity contribution < 1.29 is 14.7 Å². The first-order valence-electron chi connectivity index (χ1n) is 10.6. The summed E-state index contributed by atoms with van der Waals surface area (Å²) in [7, 11) is 0. The minimum atomic E-state index is -1.25. The van der Waals surface area contributed by atoms with E-state index in [1.165, 1.54) is 0 Å². The molecule has 0 saturated heterocycles. The van der Waals surface area contributed by atoms with Gasteiger partial charge in [-0.2, -0.15) is 5.10 Å². The Morgan fingerprint density at radius 3 is 2.03 bits per heavy atom. The molecule has 3 aromatic carbocycles. The summed E-state index contributed by atoms with van der Waals surface area (Å²) in [6, 6.07) is 25.8. The van der Waals surface area contributed by atoms with Crippen molar-refractivity contribution in [3.63, 3.8) is 0 Å². The van der Waals surface area contributed by atoms with Crippen LogP contribution in [0.1, 0.15) is 21.6 Å². The molecule has 33 heavy (non-hydrogen) atoms. The molecule has 0 unspecified atom stereocenters. The summed E-state index contributed by atoms with van der Waals surface area (Å²) >= 11 is 0. The maximum atomic E-state index is 13.3. The van der Waals surface area contributed by atoms with Crippen LogP contribution in [0, 0.1) is 0 Å². The molecule has 0 radical (unpaired) electrons. The van der Waals surface area contributed by atoms with Gasteiger partial charge in [0.15, 0.2) is 5.69 Å². The van der Waals surface area contributed by atoms with Gasteiger partial charge in [-0.1, -0.05) is 78.9 Å². The zero-order valence-electron chi connectivity index (χ0n) is 17.9. The van der Waals surface area contributed by atoms with E-state index in [0.29, 0.717) is 19.5 Å². The van der Waals surface area contributed by atoms with E-state index in [4.69, 9.17) is 0 Å². The van der Waals surface area contributed by atoms with Crippen LogP contribution in [-0.4, -0.2) is 38.2 Å². The Morgan fingerprint density at radius 2 is 1.39 bits per heavy atom. The lowest BCUT2D eigenvalue weighted by Gasteiger charge is -2.23. The smallest absolute Gasteiger partial charge is 0.357 e. The maximum Gasteiger partial charge on any atom is 0.357 e. The third-order valence-electron chi connectivity index (χ3n) is 5.44. The van der Waals surface area contributed by atoms with Crippen LogP contribution in [0.4, 0.5) is 0 Å². The van der Waals surface area contributed by atoms with Crippen molar-refractivity contribution in [1.82, 2.24) is 14.7 Å². The van der Waals surface area contributed by atoms with Gasteiger partial charge < -0.3 is 10.0 Å². The highest BCUT2D eigenvalue weighted by Gasteiger charge is 2.20. The van der Waals surface area contributed by atoms with Gasteiger partial charge in [0, 0.05) is 18.5 Å². The lowest BCUT2D eigenvalue weighted by molar-refractivity contribution is -0.132. The topological polar surface area (TPSA) is 92.5 Å². The Balaban J connectivity index is 1.63. The highest BCUT2D eigenvalue weighted by atomic mass is 16.4. The van der Waals surface area contributed by atoms with Crippen LogP contribution in [0.2, 0.25) is 0 Å². The van der Waals surface area contributed by atoms with Crippen molar-refractivity contribution in [3.8, 4) is 0 Å². The van der Waals surface area contributed by atoms with Crippen molar-refractivity contribution in [2.75, 3.05) is 6.54 Å². The molecule has 7 nitrogen and oxygen atoms in total. The number of amides is 1. The second-order valence-corrected chi connectivity index (χ2v) is 7.70. The molecule has 0 fully saturated rings. The Hall–Kier alpha value is -4.26. The van der Waals surface area contributed by atoms with Crippen LogP contribution in [0.15, 0.2) is 89.7 Å². The number of fused-ring (bicyclic) bond motifs is 1. The molecule has 0 aliphatic rings. The molecule has 4 rings (SSSR count). The molecule has 0 aliphatic heterocycles. The number of carbonyl (C=O) groups excluding carboxylic acids is 1. The minimum absolute atomic E-state index is 0.219. The second-order valence-electron chi connectivity index (χ2n) is 7.70. The van der Waals surface area contributed by atoms with Crippen LogP contribution >= 0.6 is 0 Å². The lowest BCUT2D eigenvalue weighted by Crippen LogP contribution is -2.38. The first-order valence-corrected chi connectivity index (χ1v) is 10.6. The molecule has 1 aromatic heterocycles. The van der Waals surface area contributed by atoms with Crippen LogP contribution in [0.3, 0.4) is 0 Å². The molecule has 0 spiro atoms. The first kappa shape index (κ1) is 22.0. The zero-order valence-corrected chi connectivity index (χ0v) is 17.9. The Kier molecular flexibility index (Phi) is 6.59. The predicted octanol–water partition coefficient (Wildman–Crippen LogP) is 3.37. The summed E-state index contributed by atoms with van der Waals surface area (Å²) in [6.07, 6.45) is 0.653. The molecule has 4 aromatic rings. The number of carboxylic acids is 1. The summed E-state index contributed by atoms with van der Waals surface area (Å²) in [6.45, 7) is 0.484. The third kappa shape index (κ3) is 5.15. The van der Waals surface area contributed by atoms with Crippen LogP contribution in [0.5, 0.6) is 0 Å². The minimum Gasteiger partial charge on any atom is -0.476 e. The standard InChI is InChI=1S/C26H23N3O4/c30-23(18-29-25(31)22-14-8-7-13-21(22)24(27-29)26(32)33)28(17-20-11-5-2-6-12-20)16-15-19-9-3-1-4-10-19/h1-14H,15-18H2,(H,32,33). The summed E-state index contributed by atoms with van der Waals surface area (Å²) in [5.41, 5.74) is 1.31. The first-order chi connectivity index (χ1) is 16.0. The van der Waals surface area contributed by atoms with Gasteiger partial charge in [0.25, 0.3) is 5.56 Å². The average Bonchev–Trinajstić information content (AvgIpc) is 2.84. The molecule has 0 bridgehead atoms. The van der Waals surface area contributed by atoms with E-state index in [9.17, 15) is 19.5 Å². The normalized spacial score (nSPS) is 10.8. The fraction of sp³-hybridized carbons (Fsp3) is 0.154. The van der Waals surface area contributed by atoms with Crippen molar-refractivity contribution >= 4 is 22.6 Å². The highest BCUT2D eigenvalue weighted by molar-refractivity contribution is 6.01. The number of carboxylic acid groups (broad SMARTS) is 1. The van der Waals surface area contributed by atoms with Gasteiger partial charge >= 0.3 is 5.97 Å². The summed E-state index contributed by atoms with van der Waals surface area (Å²) in [4.78, 5) is 39.6. The van der Waals surface area contributed by atoms with E-state index in [0.717, 1.165) is 15.8 Å². The quantitative estimate of drug-likeness (QED) is 0.453. The van der Waals surface area contributed by atoms with Gasteiger partial charge in [0.2, 0.25) is 5.91 Å². The van der Waals surface area contributed by atoms with Gasteiger partial charge in [-0.3, -0.25) is 9.59 Å². The number of carbonyl (C=O) groups is 2. The zero-order chi connectivity index (χ0) is 23.2. The van der Waals surface area contributed by atoms with Crippen LogP contribution < -0.4 is 5.56 Å². The summed E-state index contributed by atoms with van der Waals surface area (Å²) in [5, 5.41) is 14.1. The van der Waals surface area contributed by atoms with Crippen LogP contribution in [-0.2, 0) is 24.3 Å². The molecule has 0 atom stereocenters. The monoisotopic (exact) mass is 441 g/mol. The second kappa shape index (κ2) is 9.91. The van der Waals surface area contributed by atoms with Crippen molar-refractivity contribution in [1.29, 1.82) is 0 Å². The highest BCUT2D eigenvalue weighted by Crippen LogP contribution is 2.14. The molecule has 7 heteroatoms. The van der Waals surface area contributed by atoms with Crippen molar-refractivity contribution in [2.45, 2.75) is 19.5 Å². The molecule has 0 aliphatic carbocycles. The van der Waals surface area contributed by atoms with E-state index >= 15 is 0 Å². The Labute approximate surface area is 190 Å². The molecule has 166 valence electrons. The molecular weight excluding hydrogens is 418 g/mol. The summed E-state index contributed by atoms with van der Waals surface area (Å²) in [5.74, 6) is -1.56. The Morgan fingerprint density at radius 1 is 0.818 bits per heavy atom. The van der Waals surface area contributed by atoms with Gasteiger partial charge in [-0.25, -0.2) is 9.48 Å². The molecule has 1 amide bonds. The molecular formula is C26H23N3O4. The number of aromatic nitrogens is 2. The van der Waals surface area contributed by atoms with Gasteiger partial charge in [0.1, 0.15) is 6.54 Å². The van der Waals surface area contributed by atoms with E-state index < -0.39 is 11.5 Å². The van der Waals surface area contributed by atoms with Gasteiger partial charge in [0.05, 0.1) is 5.39 Å². The largest absolute Gasteiger partial charge is 0.476 e. The van der Waals surface area contributed by atoms with Gasteiger partial charge in [-0.15, -0.1) is 0 Å². The van der Waals surface area contributed by atoms with Crippen LogP contribution in [0.25, 0.3) is 10.8 Å². The third-order valence-corrected chi connectivity index (χ3v) is 5.44. The fourth-order valence-electron chi connectivity index (χ4n) is 3.73. The molecule has 1 N–H and O–H groups in total. The number of hydrogen-bond donors (Lipinski definition) is 1. The SMILES string of the molecule is O=C(O)c1nn(CC(=O)N(CCc2ccccc2)Cc2ccccc2)c(=O)c2ccccc12. The molecule has 0 saturated carbocycles. The maximum absolute atomic E-state index is 13.3. The molecule has 1 heterocycles. The summed E-state index contributed by atoms with van der Waals surface area (Å²) < 4.78 is 0.953. The number of nitrogens with zero attached hydrogens (tertiary/aromatic N) is 3. The fourth-order valence-corrected chi connectivity index (χ4v) is 3.73. The van der Waals surface area contributed by atoms with Crippen molar-refractivity contribution in [3.05, 3.63) is 112 Å². The number of hydrogen-bond acceptors (Lipinski definition) is 4. The number of benzene rings is 3. The van der Waals surface area contributed by atoms with E-state index in [1.54, 1.807) is 29.2 Å². The number of rotatable bonds is 8. The van der Waals surface area contributed by atoms with E-state index in [1.807, 2.05) is 60.7 Å². The lowest BCUT2D eigenvalue weighted by atomic mass is 10.1. The van der Waals surface area contributed by atoms with E-state index in [-0.39, 0.29) is 28.9 Å². The average molecular weight is 441 g/mol. The van der Waals surface area contributed by atoms with Crippen molar-refractivity contribution in [2.24, 2.45) is 0 Å². The van der Waals surface area contributed by atoms with Gasteiger partial charge in [-0.05, 0) is 23.6 Å². The number of aromatic carboxylic acids is 1. The Bertz CT molecular complexity index is 1330. The van der Waals surface area contributed by atoms with E-state index in [2.05, 4.69) is 5.10 Å². The predicted molar refractivity (Wildman–Crippen MR) is 125 cm³/mol.